The first-order chi connectivity index (χ1) is 17.6. The number of sulfonamides is 2. The molecule has 0 aliphatic rings. The summed E-state index contributed by atoms with van der Waals surface area (Å²) in [4.78, 5) is 20.1. The van der Waals surface area contributed by atoms with Crippen LogP contribution in [0.15, 0.2) is 101 Å². The van der Waals surface area contributed by atoms with Crippen molar-refractivity contribution in [3.63, 3.8) is 0 Å². The standard InChI is InChI=1S/C24H20ClN5O5S2/c25-21-12-7-18(15-22(21)37(34,35)28-16-17-5-2-1-3-6-17)23(31)29-19-8-10-20(11-9-19)36(32,33)30-24-26-13-4-14-27-24/h1-15,28H,16H2,(H,29,31)(H,26,27,30). The van der Waals surface area contributed by atoms with E-state index in [-0.39, 0.29) is 32.9 Å². The molecule has 3 aromatic carbocycles. The minimum absolute atomic E-state index is 0.0402. The van der Waals surface area contributed by atoms with E-state index < -0.39 is 26.0 Å². The van der Waals surface area contributed by atoms with Crippen LogP contribution in [0.5, 0.6) is 0 Å². The van der Waals surface area contributed by atoms with Crippen LogP contribution < -0.4 is 14.8 Å². The first-order valence-electron chi connectivity index (χ1n) is 10.7. The number of carbonyl (C=O) groups excluding carboxylic acids is 1. The maximum Gasteiger partial charge on any atom is 0.264 e. The van der Waals surface area contributed by atoms with Crippen molar-refractivity contribution in [3.05, 3.63) is 107 Å². The van der Waals surface area contributed by atoms with Crippen molar-refractivity contribution in [2.24, 2.45) is 0 Å². The molecule has 10 nitrogen and oxygen atoms in total. The zero-order valence-electron chi connectivity index (χ0n) is 19.0. The van der Waals surface area contributed by atoms with Crippen LogP contribution in [0.3, 0.4) is 0 Å². The minimum atomic E-state index is -4.01. The number of hydrogen-bond donors (Lipinski definition) is 3. The molecule has 0 atom stereocenters. The van der Waals surface area contributed by atoms with Crippen molar-refractivity contribution in [1.29, 1.82) is 0 Å². The number of anilines is 2. The Labute approximate surface area is 218 Å². The van der Waals surface area contributed by atoms with Gasteiger partial charge in [-0.25, -0.2) is 36.2 Å². The van der Waals surface area contributed by atoms with E-state index in [1.807, 2.05) is 6.07 Å². The Morgan fingerprint density at radius 2 is 1.49 bits per heavy atom. The molecule has 3 N–H and O–H groups in total. The van der Waals surface area contributed by atoms with Crippen LogP contribution in [-0.2, 0) is 26.6 Å². The van der Waals surface area contributed by atoms with Crippen LogP contribution in [0.1, 0.15) is 15.9 Å². The summed E-state index contributed by atoms with van der Waals surface area (Å²) in [6.07, 6.45) is 2.80. The maximum absolute atomic E-state index is 12.8. The Kier molecular flexibility index (Phi) is 7.83. The fourth-order valence-corrected chi connectivity index (χ4v) is 5.65. The molecule has 0 saturated carbocycles. The summed E-state index contributed by atoms with van der Waals surface area (Å²) in [5, 5.41) is 2.57. The van der Waals surface area contributed by atoms with E-state index in [4.69, 9.17) is 11.6 Å². The minimum Gasteiger partial charge on any atom is -0.322 e. The van der Waals surface area contributed by atoms with E-state index in [2.05, 4.69) is 24.7 Å². The topological polar surface area (TPSA) is 147 Å². The van der Waals surface area contributed by atoms with Gasteiger partial charge in [-0.15, -0.1) is 0 Å². The molecule has 37 heavy (non-hydrogen) atoms. The fraction of sp³-hybridized carbons (Fsp3) is 0.0417. The summed E-state index contributed by atoms with van der Waals surface area (Å²) < 4.78 is 55.4. The quantitative estimate of drug-likeness (QED) is 0.284. The Bertz CT molecular complexity index is 1620. The SMILES string of the molecule is O=C(Nc1ccc(S(=O)(=O)Nc2ncccn2)cc1)c1ccc(Cl)c(S(=O)(=O)NCc2ccccc2)c1. The molecule has 0 aliphatic carbocycles. The molecule has 4 rings (SSSR count). The highest BCUT2D eigenvalue weighted by molar-refractivity contribution is 7.92. The summed E-state index contributed by atoms with van der Waals surface area (Å²) >= 11 is 6.12. The lowest BCUT2D eigenvalue weighted by molar-refractivity contribution is 0.102. The number of hydrogen-bond acceptors (Lipinski definition) is 7. The van der Waals surface area contributed by atoms with E-state index >= 15 is 0 Å². The summed E-state index contributed by atoms with van der Waals surface area (Å²) in [6.45, 7) is 0.0520. The predicted octanol–water partition coefficient (Wildman–Crippen LogP) is 3.66. The molecule has 13 heteroatoms. The van der Waals surface area contributed by atoms with Crippen LogP contribution in [-0.4, -0.2) is 32.7 Å². The summed E-state index contributed by atoms with van der Waals surface area (Å²) in [5.74, 6) is -0.686. The van der Waals surface area contributed by atoms with Crippen LogP contribution in [0.25, 0.3) is 0 Å². The Morgan fingerprint density at radius 1 is 0.811 bits per heavy atom. The van der Waals surface area contributed by atoms with Gasteiger partial charge >= 0.3 is 0 Å². The third-order valence-corrected chi connectivity index (χ3v) is 8.23. The molecule has 0 fully saturated rings. The molecule has 0 bridgehead atoms. The maximum atomic E-state index is 12.8. The van der Waals surface area contributed by atoms with Crippen LogP contribution in [0.4, 0.5) is 11.6 Å². The van der Waals surface area contributed by atoms with Gasteiger partial charge in [-0.3, -0.25) is 4.79 Å². The highest BCUT2D eigenvalue weighted by Crippen LogP contribution is 2.24. The normalized spacial score (nSPS) is 11.6. The monoisotopic (exact) mass is 557 g/mol. The van der Waals surface area contributed by atoms with Crippen molar-refractivity contribution in [3.8, 4) is 0 Å². The van der Waals surface area contributed by atoms with Crippen molar-refractivity contribution < 1.29 is 21.6 Å². The molecule has 4 aromatic rings. The molecule has 1 aromatic heterocycles. The van der Waals surface area contributed by atoms with E-state index in [0.717, 1.165) is 5.56 Å². The predicted molar refractivity (Wildman–Crippen MR) is 139 cm³/mol. The van der Waals surface area contributed by atoms with Gasteiger partial charge in [0.05, 0.1) is 9.92 Å². The molecular weight excluding hydrogens is 538 g/mol. The number of amides is 1. The fourth-order valence-electron chi connectivity index (χ4n) is 3.15. The summed E-state index contributed by atoms with van der Waals surface area (Å²) in [6, 6.07) is 19.8. The number of halogens is 1. The third kappa shape index (κ3) is 6.68. The number of benzene rings is 3. The molecule has 1 amide bonds. The number of carbonyl (C=O) groups is 1. The van der Waals surface area contributed by atoms with Crippen molar-refractivity contribution in [2.75, 3.05) is 10.0 Å². The lowest BCUT2D eigenvalue weighted by Gasteiger charge is -2.11. The zero-order valence-corrected chi connectivity index (χ0v) is 21.4. The second kappa shape index (κ2) is 11.0. The smallest absolute Gasteiger partial charge is 0.264 e. The van der Waals surface area contributed by atoms with Gasteiger partial charge in [0.25, 0.3) is 15.9 Å². The zero-order chi connectivity index (χ0) is 26.5. The van der Waals surface area contributed by atoms with Crippen LogP contribution in [0, 0.1) is 0 Å². The van der Waals surface area contributed by atoms with Gasteiger partial charge in [0, 0.05) is 30.2 Å². The molecule has 0 aliphatic heterocycles. The molecule has 0 unspecified atom stereocenters. The average Bonchev–Trinajstić information content (AvgIpc) is 2.89. The third-order valence-electron chi connectivity index (χ3n) is 5.01. The number of nitrogens with one attached hydrogen (secondary N) is 3. The van der Waals surface area contributed by atoms with Gasteiger partial charge in [0.15, 0.2) is 0 Å². The summed E-state index contributed by atoms with van der Waals surface area (Å²) in [5.41, 5.74) is 1.10. The van der Waals surface area contributed by atoms with Gasteiger partial charge in [-0.05, 0) is 54.1 Å². The Hall–Kier alpha value is -3.84. The van der Waals surface area contributed by atoms with Crippen LogP contribution >= 0.6 is 11.6 Å². The van der Waals surface area contributed by atoms with Crippen molar-refractivity contribution in [1.82, 2.24) is 14.7 Å². The van der Waals surface area contributed by atoms with Gasteiger partial charge in [-0.2, -0.15) is 0 Å². The highest BCUT2D eigenvalue weighted by Gasteiger charge is 2.21. The second-order valence-corrected chi connectivity index (χ2v) is 11.4. The summed E-state index contributed by atoms with van der Waals surface area (Å²) in [7, 11) is -7.95. The highest BCUT2D eigenvalue weighted by atomic mass is 35.5. The number of aromatic nitrogens is 2. The largest absolute Gasteiger partial charge is 0.322 e. The van der Waals surface area contributed by atoms with Gasteiger partial charge in [0.1, 0.15) is 4.90 Å². The van der Waals surface area contributed by atoms with Crippen molar-refractivity contribution >= 4 is 49.2 Å². The molecule has 0 radical (unpaired) electrons. The first kappa shape index (κ1) is 26.2. The van der Waals surface area contributed by atoms with E-state index in [0.29, 0.717) is 5.69 Å². The molecule has 1 heterocycles. The number of nitrogens with zero attached hydrogens (tertiary/aromatic N) is 2. The lowest BCUT2D eigenvalue weighted by atomic mass is 10.2. The molecule has 0 saturated heterocycles. The van der Waals surface area contributed by atoms with Gasteiger partial charge in [-0.1, -0.05) is 41.9 Å². The van der Waals surface area contributed by atoms with E-state index in [1.165, 1.54) is 54.9 Å². The first-order valence-corrected chi connectivity index (χ1v) is 14.0. The average molecular weight is 558 g/mol. The second-order valence-electron chi connectivity index (χ2n) is 7.61. The lowest BCUT2D eigenvalue weighted by Crippen LogP contribution is -2.24. The molecular formula is C24H20ClN5O5S2. The van der Waals surface area contributed by atoms with E-state index in [9.17, 15) is 21.6 Å². The van der Waals surface area contributed by atoms with E-state index in [1.54, 1.807) is 30.3 Å². The number of rotatable bonds is 9. The Morgan fingerprint density at radius 3 is 2.16 bits per heavy atom. The van der Waals surface area contributed by atoms with Gasteiger partial charge in [0.2, 0.25) is 16.0 Å². The van der Waals surface area contributed by atoms with Crippen molar-refractivity contribution in [2.45, 2.75) is 16.3 Å². The molecule has 0 spiro atoms. The van der Waals surface area contributed by atoms with Crippen LogP contribution in [0.2, 0.25) is 5.02 Å². The Balaban J connectivity index is 1.46. The molecule has 190 valence electrons. The van der Waals surface area contributed by atoms with Gasteiger partial charge < -0.3 is 5.32 Å².